The van der Waals surface area contributed by atoms with E-state index in [4.69, 9.17) is 0 Å². The summed E-state index contributed by atoms with van der Waals surface area (Å²) in [5.41, 5.74) is 10.7. The molecule has 0 fully saturated rings. The maximum atomic E-state index is 2.32. The van der Waals surface area contributed by atoms with E-state index in [2.05, 4.69) is 170 Å². The highest BCUT2D eigenvalue weighted by molar-refractivity contribution is 5.81. The van der Waals surface area contributed by atoms with Crippen molar-refractivity contribution in [1.82, 2.24) is 0 Å². The van der Waals surface area contributed by atoms with E-state index < -0.39 is 0 Å². The Morgan fingerprint density at radius 2 is 0.921 bits per heavy atom. The van der Waals surface area contributed by atoms with E-state index in [9.17, 15) is 0 Å². The van der Waals surface area contributed by atoms with Crippen LogP contribution in [-0.4, -0.2) is 0 Å². The molecule has 0 aliphatic carbocycles. The molecule has 0 bridgehead atoms. The summed E-state index contributed by atoms with van der Waals surface area (Å²) >= 11 is 0. The Kier molecular flexibility index (Phi) is 7.96. The maximum absolute atomic E-state index is 2.32. The molecule has 0 unspecified atom stereocenters. The van der Waals surface area contributed by atoms with Crippen LogP contribution in [-0.2, 0) is 0 Å². The van der Waals surface area contributed by atoms with Crippen LogP contribution < -0.4 is 4.90 Å². The zero-order valence-electron chi connectivity index (χ0n) is 22.1. The van der Waals surface area contributed by atoms with Gasteiger partial charge < -0.3 is 4.90 Å². The third kappa shape index (κ3) is 5.68. The van der Waals surface area contributed by atoms with Crippen LogP contribution in [0.3, 0.4) is 0 Å². The average Bonchev–Trinajstić information content (AvgIpc) is 3.00. The molecule has 0 spiro atoms. The van der Waals surface area contributed by atoms with Gasteiger partial charge in [0.15, 0.2) is 0 Å². The predicted octanol–water partition coefficient (Wildman–Crippen LogP) is 10.9. The van der Waals surface area contributed by atoms with Gasteiger partial charge in [-0.15, -0.1) is 0 Å². The van der Waals surface area contributed by atoms with Crippen LogP contribution in [0.15, 0.2) is 152 Å². The number of benzene rings is 5. The molecule has 0 saturated carbocycles. The van der Waals surface area contributed by atoms with Gasteiger partial charge in [0.25, 0.3) is 0 Å². The van der Waals surface area contributed by atoms with Crippen molar-refractivity contribution in [2.45, 2.75) is 20.3 Å². The average molecular weight is 492 g/mol. The summed E-state index contributed by atoms with van der Waals surface area (Å²) in [6, 6.07) is 47.6. The molecule has 1 heteroatoms. The van der Waals surface area contributed by atoms with E-state index in [1.54, 1.807) is 0 Å². The van der Waals surface area contributed by atoms with Crippen molar-refractivity contribution in [2.75, 3.05) is 4.90 Å². The molecular formula is C37H33N. The molecule has 0 radical (unpaired) electrons. The van der Waals surface area contributed by atoms with Crippen LogP contribution in [0.2, 0.25) is 0 Å². The second-order valence-electron chi connectivity index (χ2n) is 9.26. The van der Waals surface area contributed by atoms with Crippen LogP contribution in [0.1, 0.15) is 25.8 Å². The first-order valence-corrected chi connectivity index (χ1v) is 13.3. The number of allylic oxidation sites excluding steroid dienone is 4. The molecule has 0 heterocycles. The smallest absolute Gasteiger partial charge is 0.0462 e. The lowest BCUT2D eigenvalue weighted by atomic mass is 10.0. The highest BCUT2D eigenvalue weighted by Gasteiger charge is 2.13. The van der Waals surface area contributed by atoms with E-state index in [0.717, 1.165) is 23.5 Å². The Balaban J connectivity index is 1.53. The first-order chi connectivity index (χ1) is 18.8. The number of nitrogens with zero attached hydrogens (tertiary/aromatic N) is 1. The van der Waals surface area contributed by atoms with Crippen LogP contribution in [0.25, 0.3) is 27.8 Å². The van der Waals surface area contributed by atoms with Gasteiger partial charge in [0.05, 0.1) is 0 Å². The van der Waals surface area contributed by atoms with E-state index in [1.165, 1.54) is 33.4 Å². The zero-order chi connectivity index (χ0) is 26.2. The second kappa shape index (κ2) is 12.1. The predicted molar refractivity (Wildman–Crippen MR) is 165 cm³/mol. The fraction of sp³-hybridized carbons (Fsp3) is 0.0811. The Morgan fingerprint density at radius 1 is 0.526 bits per heavy atom. The van der Waals surface area contributed by atoms with Gasteiger partial charge in [-0.2, -0.15) is 0 Å². The summed E-state index contributed by atoms with van der Waals surface area (Å²) < 4.78 is 0. The van der Waals surface area contributed by atoms with Gasteiger partial charge in [0.2, 0.25) is 0 Å². The topological polar surface area (TPSA) is 3.24 Å². The molecule has 1 nitrogen and oxygen atoms in total. The summed E-state index contributed by atoms with van der Waals surface area (Å²) in [5.74, 6) is 0. The molecule has 0 N–H and O–H groups in total. The van der Waals surface area contributed by atoms with Gasteiger partial charge in [-0.25, -0.2) is 0 Å². The van der Waals surface area contributed by atoms with E-state index in [0.29, 0.717) is 0 Å². The van der Waals surface area contributed by atoms with Gasteiger partial charge in [0, 0.05) is 17.1 Å². The van der Waals surface area contributed by atoms with Gasteiger partial charge >= 0.3 is 0 Å². The van der Waals surface area contributed by atoms with Gasteiger partial charge in [-0.05, 0) is 83.1 Å². The van der Waals surface area contributed by atoms with Crippen molar-refractivity contribution in [3.63, 3.8) is 0 Å². The van der Waals surface area contributed by atoms with E-state index >= 15 is 0 Å². The molecule has 186 valence electrons. The summed E-state index contributed by atoms with van der Waals surface area (Å²) in [5, 5.41) is 0. The maximum Gasteiger partial charge on any atom is 0.0462 e. The highest BCUT2D eigenvalue weighted by Crippen LogP contribution is 2.37. The molecule has 5 aromatic carbocycles. The van der Waals surface area contributed by atoms with Gasteiger partial charge in [0.1, 0.15) is 0 Å². The normalized spacial score (nSPS) is 11.6. The van der Waals surface area contributed by atoms with Gasteiger partial charge in [-0.1, -0.05) is 122 Å². The van der Waals surface area contributed by atoms with Crippen LogP contribution in [0.5, 0.6) is 0 Å². The molecule has 38 heavy (non-hydrogen) atoms. The first-order valence-electron chi connectivity index (χ1n) is 13.3. The van der Waals surface area contributed by atoms with Crippen molar-refractivity contribution in [3.05, 3.63) is 157 Å². The molecule has 0 amide bonds. The zero-order valence-corrected chi connectivity index (χ0v) is 22.1. The lowest BCUT2D eigenvalue weighted by Gasteiger charge is -2.26. The summed E-state index contributed by atoms with van der Waals surface area (Å²) in [6.07, 6.45) is 7.61. The van der Waals surface area contributed by atoms with Crippen molar-refractivity contribution in [2.24, 2.45) is 0 Å². The summed E-state index contributed by atoms with van der Waals surface area (Å²) in [4.78, 5) is 2.32. The molecule has 0 saturated heterocycles. The Hall–Kier alpha value is -4.62. The quantitative estimate of drug-likeness (QED) is 0.195. The lowest BCUT2D eigenvalue weighted by molar-refractivity contribution is 1.22. The van der Waals surface area contributed by atoms with E-state index in [1.807, 2.05) is 0 Å². The van der Waals surface area contributed by atoms with Crippen LogP contribution in [0.4, 0.5) is 17.1 Å². The molecule has 0 aliphatic rings. The molecule has 0 aliphatic heterocycles. The second-order valence-corrected chi connectivity index (χ2v) is 9.26. The fourth-order valence-electron chi connectivity index (χ4n) is 4.72. The van der Waals surface area contributed by atoms with Crippen molar-refractivity contribution in [3.8, 4) is 22.3 Å². The lowest BCUT2D eigenvalue weighted by Crippen LogP contribution is -2.09. The minimum Gasteiger partial charge on any atom is -0.311 e. The molecule has 0 atom stereocenters. The Labute approximate surface area is 227 Å². The van der Waals surface area contributed by atoms with Crippen LogP contribution >= 0.6 is 0 Å². The molecule has 5 aromatic rings. The number of hydrogen-bond donors (Lipinski definition) is 0. The highest BCUT2D eigenvalue weighted by atomic mass is 15.1. The summed E-state index contributed by atoms with van der Waals surface area (Å²) in [6.45, 7) is 4.26. The Bertz CT molecular complexity index is 1410. The SMILES string of the molecule is C/C=C(\C=C/CC)c1ccc(N(c2ccc(-c3ccccc3)cc2)c2ccc(-c3ccccc3)cc2)cc1. The minimum absolute atomic E-state index is 1.03. The van der Waals surface area contributed by atoms with E-state index in [-0.39, 0.29) is 0 Å². The van der Waals surface area contributed by atoms with Crippen molar-refractivity contribution in [1.29, 1.82) is 0 Å². The number of anilines is 3. The Morgan fingerprint density at radius 3 is 1.32 bits per heavy atom. The monoisotopic (exact) mass is 491 g/mol. The van der Waals surface area contributed by atoms with Crippen LogP contribution in [0, 0.1) is 0 Å². The number of hydrogen-bond acceptors (Lipinski definition) is 1. The third-order valence-corrected chi connectivity index (χ3v) is 6.77. The van der Waals surface area contributed by atoms with Crippen molar-refractivity contribution < 1.29 is 0 Å². The molecular weight excluding hydrogens is 458 g/mol. The molecule has 5 rings (SSSR count). The van der Waals surface area contributed by atoms with Gasteiger partial charge in [-0.3, -0.25) is 0 Å². The minimum atomic E-state index is 1.03. The number of rotatable bonds is 8. The van der Waals surface area contributed by atoms with Crippen molar-refractivity contribution >= 4 is 22.6 Å². The third-order valence-electron chi connectivity index (χ3n) is 6.77. The summed E-state index contributed by atoms with van der Waals surface area (Å²) in [7, 11) is 0. The fourth-order valence-corrected chi connectivity index (χ4v) is 4.72. The first kappa shape index (κ1) is 25.0. The molecule has 0 aromatic heterocycles. The standard InChI is InChI=1S/C37H33N/c1-3-5-12-29(4-2)32-17-23-35(24-18-32)38(36-25-19-33(20-26-36)30-13-8-6-9-14-30)37-27-21-34(22-28-37)31-15-10-7-11-16-31/h4-28H,3H2,1-2H3/b12-5-,29-4+. The largest absolute Gasteiger partial charge is 0.311 e.